The van der Waals surface area contributed by atoms with Crippen molar-refractivity contribution in [3.05, 3.63) is 0 Å². The minimum Gasteiger partial charge on any atom is -0.480 e. The van der Waals surface area contributed by atoms with E-state index in [9.17, 15) is 13.2 Å². The molecule has 1 aliphatic heterocycles. The lowest BCUT2D eigenvalue weighted by Gasteiger charge is -2.28. The molecule has 90 valence electrons. The van der Waals surface area contributed by atoms with E-state index in [1.165, 1.54) is 4.31 Å². The summed E-state index contributed by atoms with van der Waals surface area (Å²) in [6, 6.07) is 0.0336. The minimum absolute atomic E-state index is 0. The van der Waals surface area contributed by atoms with Crippen LogP contribution in [0.25, 0.3) is 0 Å². The molecule has 6 nitrogen and oxygen atoms in total. The van der Waals surface area contributed by atoms with Gasteiger partial charge in [0, 0.05) is 19.1 Å². The highest BCUT2D eigenvalue weighted by atomic mass is 35.5. The van der Waals surface area contributed by atoms with E-state index in [1.54, 1.807) is 0 Å². The second-order valence-corrected chi connectivity index (χ2v) is 5.36. The molecule has 1 saturated heterocycles. The number of carbonyl (C=O) groups is 1. The van der Waals surface area contributed by atoms with Crippen molar-refractivity contribution in [1.82, 2.24) is 4.31 Å². The molecule has 0 unspecified atom stereocenters. The van der Waals surface area contributed by atoms with Crippen molar-refractivity contribution < 1.29 is 18.3 Å². The van der Waals surface area contributed by atoms with Crippen molar-refractivity contribution in [3.63, 3.8) is 0 Å². The highest BCUT2D eigenvalue weighted by Gasteiger charge is 2.28. The van der Waals surface area contributed by atoms with Crippen molar-refractivity contribution in [2.75, 3.05) is 18.8 Å². The van der Waals surface area contributed by atoms with Crippen LogP contribution in [0.2, 0.25) is 0 Å². The quantitative estimate of drug-likeness (QED) is 0.693. The molecule has 0 spiro atoms. The number of sulfonamides is 1. The zero-order valence-corrected chi connectivity index (χ0v) is 9.76. The van der Waals surface area contributed by atoms with E-state index in [0.29, 0.717) is 25.9 Å². The van der Waals surface area contributed by atoms with Gasteiger partial charge in [-0.15, -0.1) is 12.4 Å². The Hall–Kier alpha value is -0.370. The highest BCUT2D eigenvalue weighted by Crippen LogP contribution is 2.12. The Kier molecular flexibility index (Phi) is 5.50. The number of rotatable bonds is 3. The first kappa shape index (κ1) is 14.6. The summed E-state index contributed by atoms with van der Waals surface area (Å²) in [5.41, 5.74) is 5.60. The summed E-state index contributed by atoms with van der Waals surface area (Å²) in [7, 11) is -3.63. The maximum Gasteiger partial charge on any atom is 0.320 e. The molecule has 0 aliphatic carbocycles. The average Bonchev–Trinajstić information content (AvgIpc) is 2.02. The van der Waals surface area contributed by atoms with E-state index in [1.807, 2.05) is 0 Å². The van der Waals surface area contributed by atoms with Gasteiger partial charge in [-0.05, 0) is 12.8 Å². The number of nitrogens with zero attached hydrogens (tertiary/aromatic N) is 1. The molecule has 0 amide bonds. The fraction of sp³-hybridized carbons (Fsp3) is 0.857. The first-order valence-corrected chi connectivity index (χ1v) is 5.98. The molecule has 0 bridgehead atoms. The van der Waals surface area contributed by atoms with Gasteiger partial charge in [0.1, 0.15) is 0 Å². The van der Waals surface area contributed by atoms with E-state index in [-0.39, 0.29) is 18.4 Å². The summed E-state index contributed by atoms with van der Waals surface area (Å²) in [6.45, 7) is 0.660. The van der Waals surface area contributed by atoms with Crippen LogP contribution in [0.5, 0.6) is 0 Å². The van der Waals surface area contributed by atoms with Gasteiger partial charge in [-0.3, -0.25) is 4.79 Å². The Morgan fingerprint density at radius 1 is 1.40 bits per heavy atom. The van der Waals surface area contributed by atoms with Crippen LogP contribution >= 0.6 is 12.4 Å². The lowest BCUT2D eigenvalue weighted by atomic mass is 10.1. The van der Waals surface area contributed by atoms with Crippen LogP contribution in [0.3, 0.4) is 0 Å². The van der Waals surface area contributed by atoms with Crippen molar-refractivity contribution in [3.8, 4) is 0 Å². The van der Waals surface area contributed by atoms with Gasteiger partial charge < -0.3 is 10.8 Å². The molecular formula is C7H15ClN2O4S. The SMILES string of the molecule is Cl.NC1CCN(S(=O)(=O)CC(=O)O)CC1. The Morgan fingerprint density at radius 2 is 1.87 bits per heavy atom. The van der Waals surface area contributed by atoms with Gasteiger partial charge in [0.25, 0.3) is 0 Å². The first-order chi connectivity index (χ1) is 6.42. The van der Waals surface area contributed by atoms with E-state index in [2.05, 4.69) is 0 Å². The van der Waals surface area contributed by atoms with E-state index >= 15 is 0 Å². The maximum atomic E-state index is 11.4. The molecule has 0 aromatic heterocycles. The zero-order valence-electron chi connectivity index (χ0n) is 8.13. The summed E-state index contributed by atoms with van der Waals surface area (Å²) in [5.74, 6) is -2.15. The third kappa shape index (κ3) is 4.33. The number of piperidine rings is 1. The van der Waals surface area contributed by atoms with Gasteiger partial charge in [-0.25, -0.2) is 12.7 Å². The predicted molar refractivity (Wildman–Crippen MR) is 57.5 cm³/mol. The summed E-state index contributed by atoms with van der Waals surface area (Å²) in [6.07, 6.45) is 1.19. The van der Waals surface area contributed by atoms with Crippen molar-refractivity contribution in [2.45, 2.75) is 18.9 Å². The zero-order chi connectivity index (χ0) is 10.8. The normalized spacial score (nSPS) is 19.5. The van der Waals surface area contributed by atoms with Crippen LogP contribution in [-0.4, -0.2) is 48.7 Å². The second kappa shape index (κ2) is 5.64. The van der Waals surface area contributed by atoms with Crippen LogP contribution in [-0.2, 0) is 14.8 Å². The van der Waals surface area contributed by atoms with Gasteiger partial charge in [-0.1, -0.05) is 0 Å². The molecule has 1 fully saturated rings. The first-order valence-electron chi connectivity index (χ1n) is 4.37. The number of halogens is 1. The number of aliphatic carboxylic acids is 1. The Bertz CT molecular complexity index is 311. The summed E-state index contributed by atoms with van der Waals surface area (Å²) >= 11 is 0. The van der Waals surface area contributed by atoms with Gasteiger partial charge in [0.15, 0.2) is 5.75 Å². The summed E-state index contributed by atoms with van der Waals surface area (Å²) < 4.78 is 24.0. The van der Waals surface area contributed by atoms with Crippen molar-refractivity contribution in [2.24, 2.45) is 5.73 Å². The lowest BCUT2D eigenvalue weighted by Crippen LogP contribution is -2.44. The predicted octanol–water partition coefficient (Wildman–Crippen LogP) is -0.754. The molecule has 0 aromatic carbocycles. The van der Waals surface area contributed by atoms with Crippen LogP contribution < -0.4 is 5.73 Å². The van der Waals surface area contributed by atoms with E-state index in [0.717, 1.165) is 0 Å². The van der Waals surface area contributed by atoms with E-state index in [4.69, 9.17) is 10.8 Å². The van der Waals surface area contributed by atoms with Crippen LogP contribution in [0.4, 0.5) is 0 Å². The largest absolute Gasteiger partial charge is 0.480 e. The van der Waals surface area contributed by atoms with Gasteiger partial charge in [-0.2, -0.15) is 0 Å². The van der Waals surface area contributed by atoms with E-state index < -0.39 is 21.7 Å². The maximum absolute atomic E-state index is 11.4. The summed E-state index contributed by atoms with van der Waals surface area (Å²) in [4.78, 5) is 10.3. The average molecular weight is 259 g/mol. The monoisotopic (exact) mass is 258 g/mol. The Balaban J connectivity index is 0.00000196. The highest BCUT2D eigenvalue weighted by molar-refractivity contribution is 7.89. The molecule has 1 aliphatic rings. The summed E-state index contributed by atoms with van der Waals surface area (Å²) in [5, 5.41) is 8.40. The molecule has 15 heavy (non-hydrogen) atoms. The van der Waals surface area contributed by atoms with Gasteiger partial charge in [0.2, 0.25) is 10.0 Å². The molecule has 8 heteroatoms. The standard InChI is InChI=1S/C7H14N2O4S.ClH/c8-6-1-3-9(4-2-6)14(12,13)5-7(10)11;/h6H,1-5,8H2,(H,10,11);1H. The third-order valence-corrected chi connectivity index (χ3v) is 3.96. The lowest BCUT2D eigenvalue weighted by molar-refractivity contribution is -0.134. The number of hydrogen-bond donors (Lipinski definition) is 2. The molecule has 1 rings (SSSR count). The molecule has 0 atom stereocenters. The van der Waals surface area contributed by atoms with Crippen molar-refractivity contribution in [1.29, 1.82) is 0 Å². The Labute approximate surface area is 94.9 Å². The molecule has 0 aromatic rings. The number of hydrogen-bond acceptors (Lipinski definition) is 4. The number of carboxylic acids is 1. The Morgan fingerprint density at radius 3 is 2.27 bits per heavy atom. The smallest absolute Gasteiger partial charge is 0.320 e. The number of nitrogens with two attached hydrogens (primary N) is 1. The molecule has 0 radical (unpaired) electrons. The third-order valence-electron chi connectivity index (χ3n) is 2.20. The molecular weight excluding hydrogens is 244 g/mol. The minimum atomic E-state index is -3.63. The topological polar surface area (TPSA) is 101 Å². The number of carboxylic acid groups (broad SMARTS) is 1. The second-order valence-electron chi connectivity index (χ2n) is 3.39. The van der Waals surface area contributed by atoms with Crippen LogP contribution in [0.15, 0.2) is 0 Å². The molecule has 1 heterocycles. The van der Waals surface area contributed by atoms with Gasteiger partial charge >= 0.3 is 5.97 Å². The van der Waals surface area contributed by atoms with Gasteiger partial charge in [0.05, 0.1) is 0 Å². The fourth-order valence-corrected chi connectivity index (χ4v) is 2.66. The molecule has 3 N–H and O–H groups in total. The fourth-order valence-electron chi connectivity index (χ4n) is 1.40. The molecule has 0 saturated carbocycles. The van der Waals surface area contributed by atoms with Crippen LogP contribution in [0, 0.1) is 0 Å². The van der Waals surface area contributed by atoms with Crippen LogP contribution in [0.1, 0.15) is 12.8 Å². The van der Waals surface area contributed by atoms with Crippen molar-refractivity contribution >= 4 is 28.4 Å².